The molecule has 17 heavy (non-hydrogen) atoms. The summed E-state index contributed by atoms with van der Waals surface area (Å²) in [7, 11) is 1.42. The van der Waals surface area contributed by atoms with Crippen LogP contribution in [0.1, 0.15) is 12.5 Å². The highest BCUT2D eigenvalue weighted by Crippen LogP contribution is 2.27. The molecule has 5 heteroatoms. The van der Waals surface area contributed by atoms with Crippen molar-refractivity contribution in [3.63, 3.8) is 0 Å². The summed E-state index contributed by atoms with van der Waals surface area (Å²) < 4.78 is 9.89. The molecule has 1 rings (SSSR count). The molecule has 0 aliphatic heterocycles. The van der Waals surface area contributed by atoms with Crippen LogP contribution in [0.5, 0.6) is 11.5 Å². The van der Waals surface area contributed by atoms with Crippen molar-refractivity contribution in [2.45, 2.75) is 6.92 Å². The number of carboxylic acid groups (broad SMARTS) is 1. The highest BCUT2D eigenvalue weighted by atomic mass is 16.5. The maximum Gasteiger partial charge on any atom is 0.371 e. The van der Waals surface area contributed by atoms with Gasteiger partial charge in [-0.1, -0.05) is 6.07 Å². The zero-order chi connectivity index (χ0) is 12.8. The molecule has 2 N–H and O–H groups in total. The molecule has 0 atom stereocenters. The van der Waals surface area contributed by atoms with Crippen LogP contribution < -0.4 is 4.74 Å². The van der Waals surface area contributed by atoms with Crippen LogP contribution in [-0.2, 0) is 9.53 Å². The van der Waals surface area contributed by atoms with E-state index in [-0.39, 0.29) is 23.9 Å². The van der Waals surface area contributed by atoms with Crippen molar-refractivity contribution in [3.05, 3.63) is 29.5 Å². The Balaban J connectivity index is 3.06. The maximum absolute atomic E-state index is 10.8. The second kappa shape index (κ2) is 5.79. The molecule has 0 aliphatic rings. The number of carboxylic acids is 1. The van der Waals surface area contributed by atoms with Crippen LogP contribution in [0, 0.1) is 0 Å². The second-order valence-electron chi connectivity index (χ2n) is 3.18. The molecule has 0 radical (unpaired) electrons. The second-order valence-corrected chi connectivity index (χ2v) is 3.18. The molecule has 1 aromatic rings. The summed E-state index contributed by atoms with van der Waals surface area (Å²) in [5.74, 6) is -1.02. The molecule has 0 heterocycles. The average molecular weight is 238 g/mol. The number of rotatable bonds is 5. The van der Waals surface area contributed by atoms with Crippen LogP contribution in [0.3, 0.4) is 0 Å². The number of aromatic hydroxyl groups is 1. The summed E-state index contributed by atoms with van der Waals surface area (Å²) in [6.45, 7) is 1.97. The van der Waals surface area contributed by atoms with Crippen molar-refractivity contribution in [3.8, 4) is 11.5 Å². The summed E-state index contributed by atoms with van der Waals surface area (Å²) in [6.07, 6.45) is 1.37. The van der Waals surface area contributed by atoms with Gasteiger partial charge in [0, 0.05) is 0 Å². The van der Waals surface area contributed by atoms with Crippen LogP contribution in [0.4, 0.5) is 0 Å². The van der Waals surface area contributed by atoms with Crippen LogP contribution >= 0.6 is 0 Å². The van der Waals surface area contributed by atoms with Crippen molar-refractivity contribution in [1.29, 1.82) is 0 Å². The Morgan fingerprint density at radius 3 is 2.71 bits per heavy atom. The van der Waals surface area contributed by atoms with Gasteiger partial charge in [-0.05, 0) is 30.7 Å². The highest BCUT2D eigenvalue weighted by Gasteiger charge is 2.09. The van der Waals surface area contributed by atoms with Gasteiger partial charge in [-0.2, -0.15) is 0 Å². The fraction of sp³-hybridized carbons (Fsp3) is 0.250. The summed E-state index contributed by atoms with van der Waals surface area (Å²) in [6, 6.07) is 4.52. The smallest absolute Gasteiger partial charge is 0.371 e. The molecule has 0 aliphatic carbocycles. The van der Waals surface area contributed by atoms with Gasteiger partial charge in [0.05, 0.1) is 13.7 Å². The SMILES string of the molecule is CCOC(=Cc1ccc(O)c(OC)c1)C(=O)O. The average Bonchev–Trinajstić information content (AvgIpc) is 2.30. The fourth-order valence-electron chi connectivity index (χ4n) is 1.26. The standard InChI is InChI=1S/C12H14O5/c1-3-17-11(12(14)15)7-8-4-5-9(13)10(6-8)16-2/h4-7,13H,3H2,1-2H3,(H,14,15). The molecule has 0 amide bonds. The summed E-state index contributed by atoms with van der Waals surface area (Å²) in [5, 5.41) is 18.3. The van der Waals surface area contributed by atoms with E-state index in [0.717, 1.165) is 0 Å². The minimum Gasteiger partial charge on any atom is -0.504 e. The molecular formula is C12H14O5. The van der Waals surface area contributed by atoms with Crippen molar-refractivity contribution in [1.82, 2.24) is 0 Å². The quantitative estimate of drug-likeness (QED) is 0.605. The number of aliphatic carboxylic acids is 1. The molecule has 0 fully saturated rings. The molecule has 5 nitrogen and oxygen atoms in total. The van der Waals surface area contributed by atoms with Crippen LogP contribution in [0.25, 0.3) is 6.08 Å². The molecular weight excluding hydrogens is 224 g/mol. The molecule has 0 spiro atoms. The number of carbonyl (C=O) groups is 1. The van der Waals surface area contributed by atoms with E-state index in [1.165, 1.54) is 25.3 Å². The lowest BCUT2D eigenvalue weighted by Crippen LogP contribution is -2.04. The number of phenolic OH excluding ortho intramolecular Hbond substituents is 1. The predicted molar refractivity (Wildman–Crippen MR) is 61.9 cm³/mol. The number of methoxy groups -OCH3 is 1. The van der Waals surface area contributed by atoms with Gasteiger partial charge in [0.1, 0.15) is 0 Å². The summed E-state index contributed by atoms with van der Waals surface area (Å²) in [4.78, 5) is 10.8. The van der Waals surface area contributed by atoms with Crippen molar-refractivity contribution < 1.29 is 24.5 Å². The predicted octanol–water partition coefficient (Wildman–Crippen LogP) is 1.86. The van der Waals surface area contributed by atoms with Gasteiger partial charge < -0.3 is 19.7 Å². The number of phenols is 1. The number of benzene rings is 1. The lowest BCUT2D eigenvalue weighted by atomic mass is 10.2. The van der Waals surface area contributed by atoms with Crippen LogP contribution in [-0.4, -0.2) is 29.9 Å². The highest BCUT2D eigenvalue weighted by molar-refractivity contribution is 5.90. The number of ether oxygens (including phenoxy) is 2. The van der Waals surface area contributed by atoms with Gasteiger partial charge in [0.25, 0.3) is 0 Å². The Bertz CT molecular complexity index is 437. The van der Waals surface area contributed by atoms with E-state index >= 15 is 0 Å². The van der Waals surface area contributed by atoms with Crippen LogP contribution in [0.15, 0.2) is 24.0 Å². The Morgan fingerprint density at radius 1 is 1.47 bits per heavy atom. The fourth-order valence-corrected chi connectivity index (χ4v) is 1.26. The summed E-state index contributed by atoms with van der Waals surface area (Å²) in [5.41, 5.74) is 0.575. The number of hydrogen-bond donors (Lipinski definition) is 2. The Kier molecular flexibility index (Phi) is 4.39. The molecule has 0 aromatic heterocycles. The van der Waals surface area contributed by atoms with Crippen molar-refractivity contribution >= 4 is 12.0 Å². The lowest BCUT2D eigenvalue weighted by Gasteiger charge is -2.06. The minimum absolute atomic E-state index is 0.00191. The molecule has 0 saturated carbocycles. The Hall–Kier alpha value is -2.17. The molecule has 0 unspecified atom stereocenters. The van der Waals surface area contributed by atoms with E-state index in [1.807, 2.05) is 0 Å². The normalized spacial score (nSPS) is 11.1. The third-order valence-electron chi connectivity index (χ3n) is 2.01. The first-order chi connectivity index (χ1) is 8.08. The van der Waals surface area contributed by atoms with E-state index in [4.69, 9.17) is 14.6 Å². The Morgan fingerprint density at radius 2 is 2.18 bits per heavy atom. The molecule has 1 aromatic carbocycles. The Labute approximate surface area is 98.9 Å². The largest absolute Gasteiger partial charge is 0.504 e. The van der Waals surface area contributed by atoms with Crippen molar-refractivity contribution in [2.24, 2.45) is 0 Å². The minimum atomic E-state index is -1.14. The zero-order valence-electron chi connectivity index (χ0n) is 9.64. The summed E-state index contributed by atoms with van der Waals surface area (Å²) >= 11 is 0. The van der Waals surface area contributed by atoms with Crippen LogP contribution in [0.2, 0.25) is 0 Å². The van der Waals surface area contributed by atoms with Gasteiger partial charge in [-0.3, -0.25) is 0 Å². The van der Waals surface area contributed by atoms with Gasteiger partial charge in [0.2, 0.25) is 5.76 Å². The first-order valence-electron chi connectivity index (χ1n) is 5.03. The number of hydrogen-bond acceptors (Lipinski definition) is 4. The van der Waals surface area contributed by atoms with E-state index in [9.17, 15) is 9.90 Å². The topological polar surface area (TPSA) is 76.0 Å². The third kappa shape index (κ3) is 3.41. The molecule has 92 valence electrons. The molecule has 0 bridgehead atoms. The lowest BCUT2D eigenvalue weighted by molar-refractivity contribution is -0.136. The van der Waals surface area contributed by atoms with E-state index in [1.54, 1.807) is 13.0 Å². The van der Waals surface area contributed by atoms with Gasteiger partial charge >= 0.3 is 5.97 Å². The molecule has 0 saturated heterocycles. The van der Waals surface area contributed by atoms with E-state index in [2.05, 4.69) is 0 Å². The maximum atomic E-state index is 10.8. The van der Waals surface area contributed by atoms with Crippen molar-refractivity contribution in [2.75, 3.05) is 13.7 Å². The zero-order valence-corrected chi connectivity index (χ0v) is 9.64. The third-order valence-corrected chi connectivity index (χ3v) is 2.01. The van der Waals surface area contributed by atoms with Gasteiger partial charge in [0.15, 0.2) is 11.5 Å². The first kappa shape index (κ1) is 12.9. The van der Waals surface area contributed by atoms with Gasteiger partial charge in [-0.15, -0.1) is 0 Å². The van der Waals surface area contributed by atoms with E-state index < -0.39 is 5.97 Å². The monoisotopic (exact) mass is 238 g/mol. The first-order valence-corrected chi connectivity index (χ1v) is 5.03. The van der Waals surface area contributed by atoms with Gasteiger partial charge in [-0.25, -0.2) is 4.79 Å². The van der Waals surface area contributed by atoms with E-state index in [0.29, 0.717) is 5.56 Å².